The molecule has 0 heterocycles. The number of aryl methyl sites for hydroxylation is 1. The molecule has 1 N–H and O–H groups in total. The van der Waals surface area contributed by atoms with E-state index in [9.17, 15) is 14.4 Å². The molecule has 0 radical (unpaired) electrons. The molecule has 0 aliphatic heterocycles. The molecule has 0 atom stereocenters. The number of carboxylic acids is 1. The van der Waals surface area contributed by atoms with Crippen LogP contribution in [0.5, 0.6) is 0 Å². The molecule has 5 nitrogen and oxygen atoms in total. The van der Waals surface area contributed by atoms with Crippen molar-refractivity contribution in [2.24, 2.45) is 5.92 Å². The number of rotatable bonds is 8. The third-order valence-corrected chi connectivity index (χ3v) is 3.20. The van der Waals surface area contributed by atoms with E-state index in [0.717, 1.165) is 5.56 Å². The second-order valence-electron chi connectivity index (χ2n) is 5.85. The Morgan fingerprint density at radius 3 is 2.18 bits per heavy atom. The number of aliphatic carboxylic acids is 1. The number of amides is 1. The van der Waals surface area contributed by atoms with Crippen molar-refractivity contribution in [2.75, 3.05) is 13.1 Å². The maximum absolute atomic E-state index is 12.1. The average Bonchev–Trinajstić information content (AvgIpc) is 2.43. The maximum Gasteiger partial charge on any atom is 0.323 e. The topological polar surface area (TPSA) is 74.7 Å². The number of carbonyl (C=O) groups excluding carboxylic acids is 2. The summed E-state index contributed by atoms with van der Waals surface area (Å²) in [7, 11) is 0. The van der Waals surface area contributed by atoms with Crippen LogP contribution < -0.4 is 0 Å². The highest BCUT2D eigenvalue weighted by molar-refractivity contribution is 5.98. The van der Waals surface area contributed by atoms with Crippen LogP contribution in [0.4, 0.5) is 0 Å². The molecule has 0 unspecified atom stereocenters. The van der Waals surface area contributed by atoms with Crippen LogP contribution in [0.3, 0.4) is 0 Å². The van der Waals surface area contributed by atoms with Crippen LogP contribution in [0.2, 0.25) is 0 Å². The summed E-state index contributed by atoms with van der Waals surface area (Å²) in [5.41, 5.74) is 1.64. The van der Waals surface area contributed by atoms with Crippen molar-refractivity contribution >= 4 is 17.7 Å². The van der Waals surface area contributed by atoms with Gasteiger partial charge in [0.25, 0.3) is 0 Å². The summed E-state index contributed by atoms with van der Waals surface area (Å²) in [6.07, 6.45) is 0.128. The summed E-state index contributed by atoms with van der Waals surface area (Å²) in [6, 6.07) is 7.19. The lowest BCUT2D eigenvalue weighted by atomic mass is 10.0. The molecular weight excluding hydrogens is 282 g/mol. The minimum Gasteiger partial charge on any atom is -0.480 e. The van der Waals surface area contributed by atoms with E-state index < -0.39 is 5.97 Å². The van der Waals surface area contributed by atoms with Crippen LogP contribution in [0, 0.1) is 12.8 Å². The first-order valence-electron chi connectivity index (χ1n) is 7.39. The predicted octanol–water partition coefficient (Wildman–Crippen LogP) is 2.53. The summed E-state index contributed by atoms with van der Waals surface area (Å²) >= 11 is 0. The van der Waals surface area contributed by atoms with Gasteiger partial charge < -0.3 is 10.0 Å². The molecular formula is C17H23NO4. The van der Waals surface area contributed by atoms with E-state index >= 15 is 0 Å². The summed E-state index contributed by atoms with van der Waals surface area (Å²) in [4.78, 5) is 36.3. The molecule has 0 fully saturated rings. The normalized spacial score (nSPS) is 10.5. The summed E-state index contributed by atoms with van der Waals surface area (Å²) < 4.78 is 0. The molecule has 0 saturated heterocycles. The number of carboxylic acid groups (broad SMARTS) is 1. The van der Waals surface area contributed by atoms with Gasteiger partial charge in [-0.15, -0.1) is 0 Å². The van der Waals surface area contributed by atoms with Gasteiger partial charge in [0.1, 0.15) is 6.54 Å². The van der Waals surface area contributed by atoms with Gasteiger partial charge >= 0.3 is 5.97 Å². The molecule has 0 spiro atoms. The van der Waals surface area contributed by atoms with E-state index in [1.807, 2.05) is 32.9 Å². The quantitative estimate of drug-likeness (QED) is 0.749. The van der Waals surface area contributed by atoms with E-state index in [-0.39, 0.29) is 37.0 Å². The monoisotopic (exact) mass is 305 g/mol. The summed E-state index contributed by atoms with van der Waals surface area (Å²) in [6.45, 7) is 5.83. The number of carbonyl (C=O) groups is 3. The Kier molecular flexibility index (Phi) is 6.76. The van der Waals surface area contributed by atoms with Crippen LogP contribution in [0.1, 0.15) is 42.6 Å². The summed E-state index contributed by atoms with van der Waals surface area (Å²) in [5, 5.41) is 8.87. The number of benzene rings is 1. The molecule has 0 aromatic heterocycles. The van der Waals surface area contributed by atoms with Gasteiger partial charge in [0.05, 0.1) is 0 Å². The highest BCUT2D eigenvalue weighted by Crippen LogP contribution is 2.10. The molecule has 5 heteroatoms. The molecule has 0 aliphatic rings. The van der Waals surface area contributed by atoms with Crippen molar-refractivity contribution in [1.82, 2.24) is 4.90 Å². The largest absolute Gasteiger partial charge is 0.480 e. The van der Waals surface area contributed by atoms with E-state index in [1.54, 1.807) is 12.1 Å². The predicted molar refractivity (Wildman–Crippen MR) is 83.8 cm³/mol. The molecule has 1 rings (SSSR count). The molecule has 0 saturated carbocycles. The second kappa shape index (κ2) is 8.32. The van der Waals surface area contributed by atoms with Crippen LogP contribution in [-0.4, -0.2) is 40.8 Å². The fourth-order valence-corrected chi connectivity index (χ4v) is 2.12. The zero-order valence-electron chi connectivity index (χ0n) is 13.3. The van der Waals surface area contributed by atoms with E-state index in [1.165, 1.54) is 4.90 Å². The smallest absolute Gasteiger partial charge is 0.323 e. The Morgan fingerprint density at radius 2 is 1.68 bits per heavy atom. The van der Waals surface area contributed by atoms with Crippen LogP contribution in [0.15, 0.2) is 24.3 Å². The number of hydrogen-bond acceptors (Lipinski definition) is 3. The van der Waals surface area contributed by atoms with Gasteiger partial charge in [0.2, 0.25) is 5.91 Å². The zero-order chi connectivity index (χ0) is 16.7. The van der Waals surface area contributed by atoms with Gasteiger partial charge in [0.15, 0.2) is 5.78 Å². The highest BCUT2D eigenvalue weighted by atomic mass is 16.4. The van der Waals surface area contributed by atoms with Crippen molar-refractivity contribution in [1.29, 1.82) is 0 Å². The van der Waals surface area contributed by atoms with Crippen molar-refractivity contribution in [3.05, 3.63) is 35.4 Å². The summed E-state index contributed by atoms with van der Waals surface area (Å²) in [5.74, 6) is -1.26. The zero-order valence-corrected chi connectivity index (χ0v) is 13.3. The Hall–Kier alpha value is -2.17. The standard InChI is InChI=1S/C17H23NO4/c1-12(2)10-18(11-17(21)22)16(20)9-8-15(19)14-6-4-13(3)5-7-14/h4-7,12H,8-11H2,1-3H3,(H,21,22). The molecule has 120 valence electrons. The lowest BCUT2D eigenvalue weighted by Crippen LogP contribution is -2.38. The lowest BCUT2D eigenvalue weighted by molar-refractivity contribution is -0.144. The Bertz CT molecular complexity index is 534. The average molecular weight is 305 g/mol. The number of Topliss-reactive ketones (excluding diaryl/α,β-unsaturated/α-hetero) is 1. The first-order chi connectivity index (χ1) is 10.3. The minimum absolute atomic E-state index is 0.0344. The third-order valence-electron chi connectivity index (χ3n) is 3.20. The Balaban J connectivity index is 2.59. The second-order valence-corrected chi connectivity index (χ2v) is 5.85. The van der Waals surface area contributed by atoms with Gasteiger partial charge in [0, 0.05) is 24.9 Å². The van der Waals surface area contributed by atoms with Gasteiger partial charge in [-0.2, -0.15) is 0 Å². The van der Waals surface area contributed by atoms with Gasteiger partial charge in [-0.3, -0.25) is 14.4 Å². The van der Waals surface area contributed by atoms with E-state index in [2.05, 4.69) is 0 Å². The first kappa shape index (κ1) is 17.9. The molecule has 22 heavy (non-hydrogen) atoms. The SMILES string of the molecule is Cc1ccc(C(=O)CCC(=O)N(CC(=O)O)CC(C)C)cc1. The molecule has 1 amide bonds. The lowest BCUT2D eigenvalue weighted by Gasteiger charge is -2.22. The minimum atomic E-state index is -1.04. The third kappa shape index (κ3) is 6.08. The van der Waals surface area contributed by atoms with Crippen molar-refractivity contribution in [2.45, 2.75) is 33.6 Å². The number of hydrogen-bond donors (Lipinski definition) is 1. The molecule has 1 aromatic carbocycles. The van der Waals surface area contributed by atoms with E-state index in [0.29, 0.717) is 12.1 Å². The first-order valence-corrected chi connectivity index (χ1v) is 7.39. The van der Waals surface area contributed by atoms with Crippen molar-refractivity contribution in [3.63, 3.8) is 0 Å². The fraction of sp³-hybridized carbons (Fsp3) is 0.471. The number of ketones is 1. The highest BCUT2D eigenvalue weighted by Gasteiger charge is 2.19. The Morgan fingerprint density at radius 1 is 1.09 bits per heavy atom. The van der Waals surface area contributed by atoms with Gasteiger partial charge in [-0.05, 0) is 12.8 Å². The fourth-order valence-electron chi connectivity index (χ4n) is 2.12. The van der Waals surface area contributed by atoms with Gasteiger partial charge in [-0.1, -0.05) is 43.7 Å². The van der Waals surface area contributed by atoms with Gasteiger partial charge in [-0.25, -0.2) is 0 Å². The van der Waals surface area contributed by atoms with Crippen LogP contribution in [0.25, 0.3) is 0 Å². The molecule has 1 aromatic rings. The van der Waals surface area contributed by atoms with Crippen LogP contribution >= 0.6 is 0 Å². The van der Waals surface area contributed by atoms with E-state index in [4.69, 9.17) is 5.11 Å². The van der Waals surface area contributed by atoms with Crippen molar-refractivity contribution in [3.8, 4) is 0 Å². The number of nitrogens with zero attached hydrogens (tertiary/aromatic N) is 1. The maximum atomic E-state index is 12.1. The molecule has 0 bridgehead atoms. The van der Waals surface area contributed by atoms with Crippen molar-refractivity contribution < 1.29 is 19.5 Å². The Labute approximate surface area is 130 Å². The molecule has 0 aliphatic carbocycles. The van der Waals surface area contributed by atoms with Crippen LogP contribution in [-0.2, 0) is 9.59 Å².